The number of fused-ring (bicyclic) bond motifs is 2. The molecule has 0 saturated carbocycles. The van der Waals surface area contributed by atoms with Gasteiger partial charge in [-0.3, -0.25) is 4.99 Å². The Hall–Kier alpha value is -5.68. The molecule has 0 atom stereocenters. The number of ether oxygens (including phenoxy) is 3. The fourth-order valence-electron chi connectivity index (χ4n) is 7.71. The molecule has 8 heterocycles. The number of hydrogen-bond acceptors (Lipinski definition) is 13. The minimum Gasteiger partial charge on any atom is -0.378 e. The van der Waals surface area contributed by atoms with Crippen LogP contribution >= 0.6 is 23.2 Å². The van der Waals surface area contributed by atoms with E-state index in [0.29, 0.717) is 48.2 Å². The average molecular weight is 915 g/mol. The van der Waals surface area contributed by atoms with E-state index in [0.717, 1.165) is 114 Å². The van der Waals surface area contributed by atoms with Crippen LogP contribution in [0.15, 0.2) is 103 Å². The smallest absolute Gasteiger partial charge is 0.159 e. The Bertz CT molecular complexity index is 2750. The van der Waals surface area contributed by atoms with Crippen molar-refractivity contribution in [2.45, 2.75) is 39.0 Å². The molecule has 14 nitrogen and oxygen atoms in total. The molecular formula is C47H49Cl2N11O3Si. The van der Waals surface area contributed by atoms with Gasteiger partial charge in [-0.25, -0.2) is 34.6 Å². The first-order chi connectivity index (χ1) is 31.1. The number of morpholine rings is 2. The quantitative estimate of drug-likeness (QED) is 0.0905. The number of anilines is 2. The molecule has 0 spiro atoms. The Kier molecular flexibility index (Phi) is 13.3. The van der Waals surface area contributed by atoms with E-state index < -0.39 is 8.07 Å². The average Bonchev–Trinajstić information content (AvgIpc) is 3.93. The highest BCUT2D eigenvalue weighted by molar-refractivity contribution is 6.76. The monoisotopic (exact) mass is 913 g/mol. The molecule has 7 aromatic rings. The summed E-state index contributed by atoms with van der Waals surface area (Å²) in [4.78, 5) is 35.9. The van der Waals surface area contributed by atoms with Crippen LogP contribution in [0.5, 0.6) is 0 Å². The number of benzene rings is 2. The van der Waals surface area contributed by atoms with Crippen molar-refractivity contribution < 1.29 is 14.2 Å². The van der Waals surface area contributed by atoms with E-state index >= 15 is 0 Å². The van der Waals surface area contributed by atoms with Crippen molar-refractivity contribution >= 4 is 59.5 Å². The Labute approximate surface area is 383 Å². The summed E-state index contributed by atoms with van der Waals surface area (Å²) in [5, 5.41) is 7.05. The lowest BCUT2D eigenvalue weighted by Gasteiger charge is -2.28. The molecule has 0 N–H and O–H groups in total. The summed E-state index contributed by atoms with van der Waals surface area (Å²) in [7, 11) is -1.17. The zero-order valence-corrected chi connectivity index (χ0v) is 38.6. The molecule has 0 bridgehead atoms. The van der Waals surface area contributed by atoms with Crippen LogP contribution < -0.4 is 9.80 Å². The fraction of sp³-hybridized carbons (Fsp3) is 0.319. The van der Waals surface area contributed by atoms with E-state index in [1.807, 2.05) is 41.3 Å². The van der Waals surface area contributed by atoms with E-state index in [9.17, 15) is 0 Å². The van der Waals surface area contributed by atoms with E-state index in [4.69, 9.17) is 47.5 Å². The van der Waals surface area contributed by atoms with Crippen LogP contribution in [0.3, 0.4) is 0 Å². The van der Waals surface area contributed by atoms with Crippen molar-refractivity contribution in [3.05, 3.63) is 125 Å². The fourth-order valence-corrected chi connectivity index (χ4v) is 8.67. The molecule has 3 aliphatic heterocycles. The lowest BCUT2D eigenvalue weighted by molar-refractivity contribution is 0.0818. The zero-order chi connectivity index (χ0) is 44.0. The summed E-state index contributed by atoms with van der Waals surface area (Å²) in [5.74, 6) is 3.17. The summed E-state index contributed by atoms with van der Waals surface area (Å²) in [6.45, 7) is 15.2. The molecule has 2 fully saturated rings. The molecule has 328 valence electrons. The number of halogens is 2. The molecule has 17 heteroatoms. The largest absolute Gasteiger partial charge is 0.378 e. The minimum atomic E-state index is -1.17. The summed E-state index contributed by atoms with van der Waals surface area (Å²) in [5.41, 5.74) is 9.13. The van der Waals surface area contributed by atoms with E-state index in [1.165, 1.54) is 5.56 Å². The van der Waals surface area contributed by atoms with Gasteiger partial charge in [-0.2, -0.15) is 5.10 Å². The van der Waals surface area contributed by atoms with Gasteiger partial charge < -0.3 is 24.0 Å². The third-order valence-corrected chi connectivity index (χ3v) is 13.3. The predicted molar refractivity (Wildman–Crippen MR) is 255 cm³/mol. The minimum absolute atomic E-state index is 0.402. The van der Waals surface area contributed by atoms with E-state index in [2.05, 4.69) is 95.7 Å². The number of nitrogens with zero attached hydrogens (tertiary/aromatic N) is 11. The van der Waals surface area contributed by atoms with Gasteiger partial charge in [0, 0.05) is 111 Å². The molecule has 10 rings (SSSR count). The van der Waals surface area contributed by atoms with Crippen LogP contribution in [-0.4, -0.2) is 113 Å². The second-order valence-corrected chi connectivity index (χ2v) is 23.4. The van der Waals surface area contributed by atoms with Crippen LogP contribution in [0.4, 0.5) is 11.6 Å². The van der Waals surface area contributed by atoms with Crippen LogP contribution in [0.25, 0.3) is 44.9 Å². The third-order valence-electron chi connectivity index (χ3n) is 11.2. The van der Waals surface area contributed by atoms with Crippen LogP contribution in [0.2, 0.25) is 35.7 Å². The SMILES string of the molecule is C[Si](C)(C)CCOCn1nc(-c2ccnc(N3CCOCC3)c2)c2cc(-c3ncc(Cl)cn3)ccc21.Clc1cnc(-c2ccc3c(c2)C(c2ccnc(N4CCOCC4)c2)=NC3)nc1. The molecule has 0 radical (unpaired) electrons. The van der Waals surface area contributed by atoms with Gasteiger partial charge in [0.25, 0.3) is 0 Å². The Balaban J connectivity index is 0.000000167. The van der Waals surface area contributed by atoms with Crippen molar-refractivity contribution in [2.24, 2.45) is 4.99 Å². The van der Waals surface area contributed by atoms with E-state index in [1.54, 1.807) is 24.8 Å². The van der Waals surface area contributed by atoms with Crippen LogP contribution in [-0.2, 0) is 27.5 Å². The van der Waals surface area contributed by atoms with Gasteiger partial charge in [0.1, 0.15) is 24.1 Å². The number of rotatable bonds is 11. The first-order valence-electron chi connectivity index (χ1n) is 21.5. The van der Waals surface area contributed by atoms with Gasteiger partial charge in [-0.15, -0.1) is 0 Å². The molecular weight excluding hydrogens is 866 g/mol. The predicted octanol–water partition coefficient (Wildman–Crippen LogP) is 8.74. The maximum absolute atomic E-state index is 6.06. The summed E-state index contributed by atoms with van der Waals surface area (Å²) < 4.78 is 19.0. The van der Waals surface area contributed by atoms with Gasteiger partial charge in [-0.1, -0.05) is 55.0 Å². The second-order valence-electron chi connectivity index (χ2n) is 16.9. The molecule has 64 heavy (non-hydrogen) atoms. The number of aliphatic imine (C=N–C) groups is 1. The lowest BCUT2D eigenvalue weighted by Crippen LogP contribution is -2.36. The first kappa shape index (κ1) is 43.6. The molecule has 2 saturated heterocycles. The highest BCUT2D eigenvalue weighted by Gasteiger charge is 2.22. The molecule has 5 aromatic heterocycles. The number of aromatic nitrogens is 8. The van der Waals surface area contributed by atoms with Crippen molar-refractivity contribution in [2.75, 3.05) is 69.0 Å². The zero-order valence-electron chi connectivity index (χ0n) is 36.1. The Morgan fingerprint density at radius 3 is 1.81 bits per heavy atom. The summed E-state index contributed by atoms with van der Waals surface area (Å²) in [6, 6.07) is 21.8. The molecule has 0 amide bonds. The normalized spacial score (nSPS) is 15.2. The van der Waals surface area contributed by atoms with Crippen molar-refractivity contribution in [3.63, 3.8) is 0 Å². The van der Waals surface area contributed by atoms with Gasteiger partial charge in [0.05, 0.1) is 54.2 Å². The van der Waals surface area contributed by atoms with E-state index in [-0.39, 0.29) is 0 Å². The Morgan fingerprint density at radius 1 is 0.641 bits per heavy atom. The maximum Gasteiger partial charge on any atom is 0.159 e. The number of pyridine rings is 2. The molecule has 2 aromatic carbocycles. The summed E-state index contributed by atoms with van der Waals surface area (Å²) in [6.07, 6.45) is 10.2. The van der Waals surface area contributed by atoms with Crippen molar-refractivity contribution in [3.8, 4) is 34.0 Å². The van der Waals surface area contributed by atoms with Gasteiger partial charge in [-0.05, 0) is 60.1 Å². The van der Waals surface area contributed by atoms with Crippen LogP contribution in [0.1, 0.15) is 16.7 Å². The van der Waals surface area contributed by atoms with Crippen molar-refractivity contribution in [1.82, 2.24) is 39.7 Å². The maximum atomic E-state index is 6.06. The van der Waals surface area contributed by atoms with Gasteiger partial charge in [0.15, 0.2) is 11.6 Å². The topological polar surface area (TPSA) is 142 Å². The molecule has 3 aliphatic rings. The van der Waals surface area contributed by atoms with Crippen molar-refractivity contribution in [1.29, 1.82) is 0 Å². The third kappa shape index (κ3) is 10.3. The lowest BCUT2D eigenvalue weighted by atomic mass is 9.98. The standard InChI is InChI=1S/C26H31ClN6O2Si.C21H18ClN5O/c1-36(2,3)13-12-35-18-33-23-5-4-20(26-29-16-21(27)17-30-26)14-22(23)25(31-33)19-6-7-28-24(15-19)32-8-10-34-11-9-32;22-17-12-25-21(26-13-17)15-1-2-16-11-24-20(18(16)9-15)14-3-4-23-19(10-14)27-5-7-28-8-6-27/h4-7,14-17H,8-13,18H2,1-3H3;1-4,9-10,12-13H,5-8,11H2. The second kappa shape index (κ2) is 19.6. The van der Waals surface area contributed by atoms with Gasteiger partial charge in [0.2, 0.25) is 0 Å². The molecule has 0 unspecified atom stereocenters. The molecule has 0 aliphatic carbocycles. The highest BCUT2D eigenvalue weighted by atomic mass is 35.5. The first-order valence-corrected chi connectivity index (χ1v) is 25.9. The van der Waals surface area contributed by atoms with Crippen LogP contribution in [0, 0.1) is 0 Å². The highest BCUT2D eigenvalue weighted by Crippen LogP contribution is 2.33. The summed E-state index contributed by atoms with van der Waals surface area (Å²) >= 11 is 11.9. The Morgan fingerprint density at radius 2 is 1.20 bits per heavy atom. The van der Waals surface area contributed by atoms with Gasteiger partial charge >= 0.3 is 0 Å². The number of hydrogen-bond donors (Lipinski definition) is 0.